The minimum Gasteiger partial charge on any atom is -0.484 e. The predicted octanol–water partition coefficient (Wildman–Crippen LogP) is 6.04. The SMILES string of the molecule is Cc1ccc(NC(=O)COc2ccc(/C=C3\SC(=O)N(Cc4c(F)cccc4Cl)C3=O)cc2)cc1. The summed E-state index contributed by atoms with van der Waals surface area (Å²) in [5, 5.41) is 2.40. The number of aryl methyl sites for hydroxylation is 1. The maximum atomic E-state index is 14.1. The number of imide groups is 1. The lowest BCUT2D eigenvalue weighted by Gasteiger charge is -2.14. The Balaban J connectivity index is 1.36. The summed E-state index contributed by atoms with van der Waals surface area (Å²) in [5.74, 6) is -0.916. The summed E-state index contributed by atoms with van der Waals surface area (Å²) in [5.41, 5.74) is 2.53. The third-order valence-electron chi connectivity index (χ3n) is 5.13. The van der Waals surface area contributed by atoms with E-state index >= 15 is 0 Å². The molecule has 6 nitrogen and oxygen atoms in total. The first-order valence-corrected chi connectivity index (χ1v) is 11.8. The van der Waals surface area contributed by atoms with Crippen LogP contribution in [0.5, 0.6) is 5.75 Å². The van der Waals surface area contributed by atoms with Crippen molar-refractivity contribution in [2.45, 2.75) is 13.5 Å². The lowest BCUT2D eigenvalue weighted by Crippen LogP contribution is -2.28. The second-order valence-electron chi connectivity index (χ2n) is 7.74. The van der Waals surface area contributed by atoms with Crippen LogP contribution in [0.15, 0.2) is 71.6 Å². The third kappa shape index (κ3) is 6.09. The molecule has 1 saturated heterocycles. The Morgan fingerprint density at radius 3 is 2.49 bits per heavy atom. The van der Waals surface area contributed by atoms with Gasteiger partial charge in [0.25, 0.3) is 17.1 Å². The first-order valence-electron chi connectivity index (χ1n) is 10.6. The largest absolute Gasteiger partial charge is 0.484 e. The van der Waals surface area contributed by atoms with Gasteiger partial charge in [0.05, 0.1) is 11.4 Å². The molecule has 1 aliphatic heterocycles. The van der Waals surface area contributed by atoms with E-state index in [1.165, 1.54) is 18.2 Å². The number of rotatable bonds is 7. The standard InChI is InChI=1S/C26H20ClFN2O4S/c1-16-5-9-18(10-6-16)29-24(31)15-34-19-11-7-17(8-12-19)13-23-25(32)30(26(33)35-23)14-20-21(27)3-2-4-22(20)28/h2-13H,14-15H2,1H3,(H,29,31)/b23-13-. The number of benzene rings is 3. The molecular weight excluding hydrogens is 491 g/mol. The summed E-state index contributed by atoms with van der Waals surface area (Å²) in [7, 11) is 0. The van der Waals surface area contributed by atoms with E-state index in [-0.39, 0.29) is 34.6 Å². The lowest BCUT2D eigenvalue weighted by atomic mass is 10.2. The number of anilines is 1. The summed E-state index contributed by atoms with van der Waals surface area (Å²) in [6.45, 7) is 1.56. The fourth-order valence-corrected chi connectivity index (χ4v) is 4.33. The van der Waals surface area contributed by atoms with Crippen molar-refractivity contribution >= 4 is 52.2 Å². The smallest absolute Gasteiger partial charge is 0.293 e. The molecule has 1 aliphatic rings. The topological polar surface area (TPSA) is 75.7 Å². The van der Waals surface area contributed by atoms with Gasteiger partial charge in [-0.05, 0) is 66.7 Å². The zero-order valence-corrected chi connectivity index (χ0v) is 20.2. The molecule has 4 rings (SSSR count). The number of hydrogen-bond donors (Lipinski definition) is 1. The van der Waals surface area contributed by atoms with Crippen molar-refractivity contribution in [3.8, 4) is 5.75 Å². The molecule has 1 fully saturated rings. The molecule has 35 heavy (non-hydrogen) atoms. The molecule has 0 bridgehead atoms. The van der Waals surface area contributed by atoms with E-state index < -0.39 is 17.0 Å². The van der Waals surface area contributed by atoms with Crippen molar-refractivity contribution in [3.05, 3.63) is 99.2 Å². The first kappa shape index (κ1) is 24.5. The zero-order valence-electron chi connectivity index (χ0n) is 18.6. The molecule has 3 amide bonds. The Hall–Kier alpha value is -3.62. The van der Waals surface area contributed by atoms with Gasteiger partial charge in [0.1, 0.15) is 11.6 Å². The fourth-order valence-electron chi connectivity index (χ4n) is 3.27. The Kier molecular flexibility index (Phi) is 7.53. The zero-order chi connectivity index (χ0) is 24.9. The number of nitrogens with one attached hydrogen (secondary N) is 1. The maximum Gasteiger partial charge on any atom is 0.293 e. The van der Waals surface area contributed by atoms with Gasteiger partial charge >= 0.3 is 0 Å². The third-order valence-corrected chi connectivity index (χ3v) is 6.40. The van der Waals surface area contributed by atoms with E-state index in [2.05, 4.69) is 5.32 Å². The number of nitrogens with zero attached hydrogens (tertiary/aromatic N) is 1. The minimum absolute atomic E-state index is 0.0885. The number of halogens is 2. The average molecular weight is 511 g/mol. The summed E-state index contributed by atoms with van der Waals surface area (Å²) >= 11 is 6.80. The average Bonchev–Trinajstić information content (AvgIpc) is 3.09. The highest BCUT2D eigenvalue weighted by Crippen LogP contribution is 2.34. The molecule has 1 N–H and O–H groups in total. The second kappa shape index (κ2) is 10.8. The number of thioether (sulfide) groups is 1. The van der Waals surface area contributed by atoms with E-state index in [9.17, 15) is 18.8 Å². The molecule has 0 atom stereocenters. The molecule has 178 valence electrons. The van der Waals surface area contributed by atoms with Crippen LogP contribution < -0.4 is 10.1 Å². The summed E-state index contributed by atoms with van der Waals surface area (Å²) in [6.07, 6.45) is 1.57. The summed E-state index contributed by atoms with van der Waals surface area (Å²) in [4.78, 5) is 38.4. The molecular formula is C26H20ClFN2O4S. The van der Waals surface area contributed by atoms with Gasteiger partial charge < -0.3 is 10.1 Å². The lowest BCUT2D eigenvalue weighted by molar-refractivity contribution is -0.123. The highest BCUT2D eigenvalue weighted by atomic mass is 35.5. The number of carbonyl (C=O) groups excluding carboxylic acids is 3. The van der Waals surface area contributed by atoms with Crippen molar-refractivity contribution in [1.82, 2.24) is 4.90 Å². The second-order valence-corrected chi connectivity index (χ2v) is 9.14. The first-order chi connectivity index (χ1) is 16.8. The molecule has 9 heteroatoms. The van der Waals surface area contributed by atoms with Gasteiger partial charge in [-0.25, -0.2) is 4.39 Å². The van der Waals surface area contributed by atoms with Crippen LogP contribution in [0.2, 0.25) is 5.02 Å². The molecule has 0 spiro atoms. The van der Waals surface area contributed by atoms with Crippen molar-refractivity contribution in [3.63, 3.8) is 0 Å². The summed E-state index contributed by atoms with van der Waals surface area (Å²) in [6, 6.07) is 18.4. The van der Waals surface area contributed by atoms with Gasteiger partial charge in [0, 0.05) is 16.3 Å². The normalized spacial score (nSPS) is 14.5. The van der Waals surface area contributed by atoms with E-state index in [0.29, 0.717) is 17.0 Å². The van der Waals surface area contributed by atoms with Gasteiger partial charge in [0.15, 0.2) is 6.61 Å². The number of amides is 3. The van der Waals surface area contributed by atoms with Crippen molar-refractivity contribution in [2.75, 3.05) is 11.9 Å². The Bertz CT molecular complexity index is 1290. The quantitative estimate of drug-likeness (QED) is 0.392. The van der Waals surface area contributed by atoms with Gasteiger partial charge in [0.2, 0.25) is 0 Å². The highest BCUT2D eigenvalue weighted by molar-refractivity contribution is 8.18. The molecule has 1 heterocycles. The van der Waals surface area contributed by atoms with Gasteiger partial charge in [-0.3, -0.25) is 19.3 Å². The van der Waals surface area contributed by atoms with Crippen LogP contribution in [0.1, 0.15) is 16.7 Å². The van der Waals surface area contributed by atoms with Crippen molar-refractivity contribution in [2.24, 2.45) is 0 Å². The maximum absolute atomic E-state index is 14.1. The van der Waals surface area contributed by atoms with Crippen LogP contribution >= 0.6 is 23.4 Å². The van der Waals surface area contributed by atoms with E-state index in [0.717, 1.165) is 22.2 Å². The fraction of sp³-hybridized carbons (Fsp3) is 0.115. The number of ether oxygens (including phenoxy) is 1. The molecule has 0 unspecified atom stereocenters. The van der Waals surface area contributed by atoms with Gasteiger partial charge in [-0.1, -0.05) is 47.5 Å². The summed E-state index contributed by atoms with van der Waals surface area (Å²) < 4.78 is 19.6. The molecule has 0 radical (unpaired) electrons. The Morgan fingerprint density at radius 1 is 1.09 bits per heavy atom. The molecule has 3 aromatic carbocycles. The van der Waals surface area contributed by atoms with E-state index in [1.54, 1.807) is 30.3 Å². The van der Waals surface area contributed by atoms with Crippen LogP contribution in [0.25, 0.3) is 6.08 Å². The number of carbonyl (C=O) groups is 3. The predicted molar refractivity (Wildman–Crippen MR) is 135 cm³/mol. The molecule has 3 aromatic rings. The van der Waals surface area contributed by atoms with Crippen LogP contribution in [0, 0.1) is 12.7 Å². The monoisotopic (exact) mass is 510 g/mol. The van der Waals surface area contributed by atoms with E-state index in [4.69, 9.17) is 16.3 Å². The molecule has 0 saturated carbocycles. The van der Waals surface area contributed by atoms with Crippen LogP contribution in [0.4, 0.5) is 14.9 Å². The molecule has 0 aliphatic carbocycles. The van der Waals surface area contributed by atoms with Crippen molar-refractivity contribution < 1.29 is 23.5 Å². The van der Waals surface area contributed by atoms with Crippen LogP contribution in [-0.2, 0) is 16.1 Å². The highest BCUT2D eigenvalue weighted by Gasteiger charge is 2.35. The van der Waals surface area contributed by atoms with Crippen LogP contribution in [-0.4, -0.2) is 28.6 Å². The van der Waals surface area contributed by atoms with Gasteiger partial charge in [-0.15, -0.1) is 0 Å². The Morgan fingerprint density at radius 2 is 1.80 bits per heavy atom. The van der Waals surface area contributed by atoms with Crippen molar-refractivity contribution in [1.29, 1.82) is 0 Å². The van der Waals surface area contributed by atoms with E-state index in [1.807, 2.05) is 31.2 Å². The van der Waals surface area contributed by atoms with Crippen LogP contribution in [0.3, 0.4) is 0 Å². The number of hydrogen-bond acceptors (Lipinski definition) is 5. The van der Waals surface area contributed by atoms with Gasteiger partial charge in [-0.2, -0.15) is 0 Å². The molecule has 0 aromatic heterocycles. The Labute approximate surface area is 210 Å². The minimum atomic E-state index is -0.580.